The summed E-state index contributed by atoms with van der Waals surface area (Å²) in [6, 6.07) is 8.77. The maximum atomic E-state index is 12.3. The Morgan fingerprint density at radius 3 is 2.68 bits per heavy atom. The molecule has 0 aliphatic carbocycles. The molecule has 1 aliphatic rings. The molecule has 3 rings (SSSR count). The van der Waals surface area contributed by atoms with E-state index in [1.807, 2.05) is 0 Å². The number of benzene rings is 2. The SMILES string of the molecule is O=C1COc2cc(NC(=O)c3ccc(SC(F)F)cc3)c(Cl)cc2N1. The van der Waals surface area contributed by atoms with Crippen LogP contribution in [0, 0.1) is 0 Å². The lowest BCUT2D eigenvalue weighted by molar-refractivity contribution is -0.118. The Morgan fingerprint density at radius 2 is 2.00 bits per heavy atom. The van der Waals surface area contributed by atoms with Gasteiger partial charge < -0.3 is 15.4 Å². The molecular weight excluding hydrogens is 374 g/mol. The van der Waals surface area contributed by atoms with E-state index in [1.54, 1.807) is 0 Å². The van der Waals surface area contributed by atoms with E-state index in [4.69, 9.17) is 16.3 Å². The van der Waals surface area contributed by atoms with Gasteiger partial charge in [-0.15, -0.1) is 0 Å². The van der Waals surface area contributed by atoms with Crippen molar-refractivity contribution in [3.8, 4) is 5.75 Å². The molecule has 25 heavy (non-hydrogen) atoms. The molecular formula is C16H11ClF2N2O3S. The smallest absolute Gasteiger partial charge is 0.288 e. The Balaban J connectivity index is 1.75. The van der Waals surface area contributed by atoms with Crippen LogP contribution in [-0.2, 0) is 4.79 Å². The molecule has 1 aliphatic heterocycles. The molecule has 2 aromatic carbocycles. The number of fused-ring (bicyclic) bond motifs is 1. The normalized spacial score (nSPS) is 13.0. The van der Waals surface area contributed by atoms with Crippen molar-refractivity contribution in [3.05, 3.63) is 47.0 Å². The van der Waals surface area contributed by atoms with Gasteiger partial charge in [-0.25, -0.2) is 0 Å². The number of carbonyl (C=O) groups is 2. The van der Waals surface area contributed by atoms with Crippen molar-refractivity contribution >= 4 is 46.6 Å². The monoisotopic (exact) mass is 384 g/mol. The Bertz CT molecular complexity index is 831. The topological polar surface area (TPSA) is 67.4 Å². The summed E-state index contributed by atoms with van der Waals surface area (Å²) in [6.07, 6.45) is 0. The van der Waals surface area contributed by atoms with Gasteiger partial charge in [0, 0.05) is 16.5 Å². The molecule has 9 heteroatoms. The maximum Gasteiger partial charge on any atom is 0.288 e. The molecule has 0 unspecified atom stereocenters. The van der Waals surface area contributed by atoms with E-state index < -0.39 is 11.7 Å². The van der Waals surface area contributed by atoms with Gasteiger partial charge in [-0.1, -0.05) is 23.4 Å². The highest BCUT2D eigenvalue weighted by Crippen LogP contribution is 2.36. The van der Waals surface area contributed by atoms with Gasteiger partial charge in [0.25, 0.3) is 17.6 Å². The molecule has 0 atom stereocenters. The number of rotatable bonds is 4. The minimum Gasteiger partial charge on any atom is -0.482 e. The van der Waals surface area contributed by atoms with Crippen LogP contribution in [0.5, 0.6) is 5.75 Å². The van der Waals surface area contributed by atoms with E-state index >= 15 is 0 Å². The summed E-state index contributed by atoms with van der Waals surface area (Å²) in [7, 11) is 0. The zero-order chi connectivity index (χ0) is 18.0. The van der Waals surface area contributed by atoms with Crippen molar-refractivity contribution < 1.29 is 23.1 Å². The van der Waals surface area contributed by atoms with Gasteiger partial charge in [0.1, 0.15) is 5.75 Å². The Hall–Kier alpha value is -2.32. The second kappa shape index (κ2) is 7.28. The minimum absolute atomic E-state index is 0.120. The van der Waals surface area contributed by atoms with E-state index in [0.29, 0.717) is 39.3 Å². The molecule has 0 spiro atoms. The first-order valence-corrected chi connectivity index (χ1v) is 8.30. The second-order valence-corrected chi connectivity index (χ2v) is 6.49. The van der Waals surface area contributed by atoms with Crippen LogP contribution in [0.15, 0.2) is 41.3 Å². The third-order valence-electron chi connectivity index (χ3n) is 3.29. The highest BCUT2D eigenvalue weighted by Gasteiger charge is 2.19. The lowest BCUT2D eigenvalue weighted by Crippen LogP contribution is -2.25. The summed E-state index contributed by atoms with van der Waals surface area (Å²) in [6.45, 7) is -0.120. The zero-order valence-electron chi connectivity index (χ0n) is 12.5. The summed E-state index contributed by atoms with van der Waals surface area (Å²) >= 11 is 6.52. The minimum atomic E-state index is -2.52. The molecule has 0 fully saturated rings. The fourth-order valence-corrected chi connectivity index (χ4v) is 2.89. The lowest BCUT2D eigenvalue weighted by Gasteiger charge is -2.19. The molecule has 5 nitrogen and oxygen atoms in total. The van der Waals surface area contributed by atoms with Crippen molar-refractivity contribution in [2.75, 3.05) is 17.2 Å². The molecule has 0 saturated carbocycles. The van der Waals surface area contributed by atoms with Crippen molar-refractivity contribution in [2.45, 2.75) is 10.7 Å². The summed E-state index contributed by atoms with van der Waals surface area (Å²) < 4.78 is 29.9. The molecule has 130 valence electrons. The van der Waals surface area contributed by atoms with Crippen LogP contribution >= 0.6 is 23.4 Å². The first-order chi connectivity index (χ1) is 11.9. The molecule has 1 heterocycles. The Labute approximate surface area is 150 Å². The molecule has 2 N–H and O–H groups in total. The van der Waals surface area contributed by atoms with E-state index in [9.17, 15) is 18.4 Å². The van der Waals surface area contributed by atoms with E-state index in [0.717, 1.165) is 0 Å². The zero-order valence-corrected chi connectivity index (χ0v) is 14.1. The molecule has 0 saturated heterocycles. The molecule has 0 aromatic heterocycles. The number of amides is 2. The Kier molecular flexibility index (Phi) is 5.10. The standard InChI is InChI=1S/C16H11ClF2N2O3S/c17-10-5-12-13(24-7-14(22)20-12)6-11(10)21-15(23)8-1-3-9(4-2-8)25-16(18)19/h1-6,16H,7H2,(H,20,22)(H,21,23). The summed E-state index contributed by atoms with van der Waals surface area (Å²) in [5.41, 5.74) is 1.03. The van der Waals surface area contributed by atoms with E-state index in [2.05, 4.69) is 10.6 Å². The number of nitrogens with one attached hydrogen (secondary N) is 2. The number of carbonyl (C=O) groups excluding carboxylic acids is 2. The number of hydrogen-bond acceptors (Lipinski definition) is 4. The number of ether oxygens (including phenoxy) is 1. The van der Waals surface area contributed by atoms with Gasteiger partial charge in [-0.2, -0.15) is 8.78 Å². The van der Waals surface area contributed by atoms with Crippen LogP contribution in [0.2, 0.25) is 5.02 Å². The van der Waals surface area contributed by atoms with Gasteiger partial charge in [-0.05, 0) is 30.3 Å². The summed E-state index contributed by atoms with van der Waals surface area (Å²) in [5.74, 6) is -2.87. The largest absolute Gasteiger partial charge is 0.482 e. The van der Waals surface area contributed by atoms with Crippen LogP contribution in [0.25, 0.3) is 0 Å². The highest BCUT2D eigenvalue weighted by molar-refractivity contribution is 7.99. The van der Waals surface area contributed by atoms with Crippen molar-refractivity contribution in [3.63, 3.8) is 0 Å². The molecule has 2 aromatic rings. The summed E-state index contributed by atoms with van der Waals surface area (Å²) in [5, 5.41) is 5.46. The van der Waals surface area contributed by atoms with Gasteiger partial charge in [-0.3, -0.25) is 9.59 Å². The van der Waals surface area contributed by atoms with Crippen molar-refractivity contribution in [1.82, 2.24) is 0 Å². The van der Waals surface area contributed by atoms with Crippen molar-refractivity contribution in [2.24, 2.45) is 0 Å². The van der Waals surface area contributed by atoms with Gasteiger partial charge >= 0.3 is 0 Å². The van der Waals surface area contributed by atoms with Crippen LogP contribution in [0.1, 0.15) is 10.4 Å². The van der Waals surface area contributed by atoms with Crippen LogP contribution < -0.4 is 15.4 Å². The number of alkyl halides is 2. The fraction of sp³-hybridized carbons (Fsp3) is 0.125. The predicted molar refractivity (Wildman–Crippen MR) is 91.8 cm³/mol. The first-order valence-electron chi connectivity index (χ1n) is 7.05. The second-order valence-electron chi connectivity index (χ2n) is 5.02. The van der Waals surface area contributed by atoms with Gasteiger partial charge in [0.15, 0.2) is 6.61 Å². The number of thioether (sulfide) groups is 1. The maximum absolute atomic E-state index is 12.3. The average Bonchev–Trinajstić information content (AvgIpc) is 2.56. The van der Waals surface area contributed by atoms with E-state index in [1.165, 1.54) is 36.4 Å². The average molecular weight is 385 g/mol. The van der Waals surface area contributed by atoms with Crippen LogP contribution in [-0.4, -0.2) is 24.2 Å². The van der Waals surface area contributed by atoms with E-state index in [-0.39, 0.29) is 17.5 Å². The lowest BCUT2D eigenvalue weighted by atomic mass is 10.2. The molecule has 0 bridgehead atoms. The van der Waals surface area contributed by atoms with Crippen molar-refractivity contribution in [1.29, 1.82) is 0 Å². The van der Waals surface area contributed by atoms with Gasteiger partial charge in [0.05, 0.1) is 16.4 Å². The van der Waals surface area contributed by atoms with Crippen LogP contribution in [0.3, 0.4) is 0 Å². The number of anilines is 2. The predicted octanol–water partition coefficient (Wildman–Crippen LogP) is 4.24. The number of hydrogen-bond donors (Lipinski definition) is 2. The fourth-order valence-electron chi connectivity index (χ4n) is 2.18. The number of halogens is 3. The third kappa shape index (κ3) is 4.21. The van der Waals surface area contributed by atoms with Gasteiger partial charge in [0.2, 0.25) is 0 Å². The molecule has 2 amide bonds. The Morgan fingerprint density at radius 1 is 1.28 bits per heavy atom. The molecule has 0 radical (unpaired) electrons. The summed E-state index contributed by atoms with van der Waals surface area (Å²) in [4.78, 5) is 23.9. The quantitative estimate of drug-likeness (QED) is 0.774. The highest BCUT2D eigenvalue weighted by atomic mass is 35.5. The van der Waals surface area contributed by atoms with Crippen LogP contribution in [0.4, 0.5) is 20.2 Å². The third-order valence-corrected chi connectivity index (χ3v) is 4.33. The first kappa shape index (κ1) is 17.5.